The highest BCUT2D eigenvalue weighted by atomic mass is 16.5. The van der Waals surface area contributed by atoms with Crippen LogP contribution < -0.4 is 24.5 Å². The number of nitrogens with one attached hydrogen (secondary N) is 1. The standard InChI is InChI=1S/C23H30N4O4/c1-29-20-16-22(31-3)21(30-2)15-18(20)17-24-25-23(28)9-10-26-11-13-27(14-12-26)19-7-5-4-6-8-19/h4-8,15-17H,9-14H2,1-3H3,(H,25,28)/b24-17-. The number of ether oxygens (including phenoxy) is 3. The molecule has 0 spiro atoms. The molecule has 1 aliphatic heterocycles. The Balaban J connectivity index is 1.45. The molecule has 2 aromatic rings. The number of carbonyl (C=O) groups is 1. The molecule has 1 N–H and O–H groups in total. The molecule has 2 aromatic carbocycles. The number of carbonyl (C=O) groups excluding carboxylic acids is 1. The summed E-state index contributed by atoms with van der Waals surface area (Å²) >= 11 is 0. The minimum absolute atomic E-state index is 0.124. The lowest BCUT2D eigenvalue weighted by Crippen LogP contribution is -2.47. The summed E-state index contributed by atoms with van der Waals surface area (Å²) in [6.45, 7) is 4.51. The number of hydrazone groups is 1. The van der Waals surface area contributed by atoms with Gasteiger partial charge in [0.2, 0.25) is 5.91 Å². The van der Waals surface area contributed by atoms with E-state index in [2.05, 4.69) is 44.6 Å². The van der Waals surface area contributed by atoms with E-state index in [9.17, 15) is 4.79 Å². The second kappa shape index (κ2) is 11.2. The van der Waals surface area contributed by atoms with Crippen molar-refractivity contribution in [2.45, 2.75) is 6.42 Å². The van der Waals surface area contributed by atoms with Crippen LogP contribution in [0, 0.1) is 0 Å². The van der Waals surface area contributed by atoms with Crippen molar-refractivity contribution in [3.05, 3.63) is 48.0 Å². The van der Waals surface area contributed by atoms with Gasteiger partial charge in [0, 0.05) is 56.5 Å². The van der Waals surface area contributed by atoms with E-state index in [0.717, 1.165) is 26.2 Å². The summed E-state index contributed by atoms with van der Waals surface area (Å²) in [5.41, 5.74) is 4.52. The predicted molar refractivity (Wildman–Crippen MR) is 122 cm³/mol. The molecule has 1 amide bonds. The Hall–Kier alpha value is -3.26. The molecular weight excluding hydrogens is 396 g/mol. The Morgan fingerprint density at radius 1 is 0.968 bits per heavy atom. The van der Waals surface area contributed by atoms with Crippen molar-refractivity contribution < 1.29 is 19.0 Å². The zero-order chi connectivity index (χ0) is 22.1. The van der Waals surface area contributed by atoms with Crippen LogP contribution in [-0.2, 0) is 4.79 Å². The van der Waals surface area contributed by atoms with Crippen LogP contribution in [0.1, 0.15) is 12.0 Å². The SMILES string of the molecule is COc1cc(OC)c(OC)cc1/C=N\NC(=O)CCN1CCN(c2ccccc2)CC1. The van der Waals surface area contributed by atoms with Gasteiger partial charge < -0.3 is 19.1 Å². The Morgan fingerprint density at radius 2 is 1.61 bits per heavy atom. The highest BCUT2D eigenvalue weighted by Crippen LogP contribution is 2.33. The van der Waals surface area contributed by atoms with E-state index in [1.165, 1.54) is 11.9 Å². The average molecular weight is 427 g/mol. The number of hydrogen-bond acceptors (Lipinski definition) is 7. The van der Waals surface area contributed by atoms with Crippen molar-refractivity contribution in [1.82, 2.24) is 10.3 Å². The monoisotopic (exact) mass is 426 g/mol. The molecule has 8 heteroatoms. The van der Waals surface area contributed by atoms with Gasteiger partial charge in [-0.1, -0.05) is 18.2 Å². The van der Waals surface area contributed by atoms with Crippen molar-refractivity contribution in [2.24, 2.45) is 5.10 Å². The van der Waals surface area contributed by atoms with Gasteiger partial charge in [0.15, 0.2) is 11.5 Å². The van der Waals surface area contributed by atoms with Gasteiger partial charge in [-0.15, -0.1) is 0 Å². The summed E-state index contributed by atoms with van der Waals surface area (Å²) in [4.78, 5) is 16.9. The van der Waals surface area contributed by atoms with Crippen molar-refractivity contribution >= 4 is 17.8 Å². The van der Waals surface area contributed by atoms with Crippen molar-refractivity contribution in [3.8, 4) is 17.2 Å². The second-order valence-electron chi connectivity index (χ2n) is 7.16. The molecule has 31 heavy (non-hydrogen) atoms. The summed E-state index contributed by atoms with van der Waals surface area (Å²) in [6, 6.07) is 13.9. The number of benzene rings is 2. The Bertz CT molecular complexity index is 881. The van der Waals surface area contributed by atoms with Gasteiger partial charge in [0.25, 0.3) is 0 Å². The van der Waals surface area contributed by atoms with Crippen LogP contribution in [0.15, 0.2) is 47.6 Å². The predicted octanol–water partition coefficient (Wildman–Crippen LogP) is 2.37. The maximum atomic E-state index is 12.2. The quantitative estimate of drug-likeness (QED) is 0.490. The first kappa shape index (κ1) is 22.4. The summed E-state index contributed by atoms with van der Waals surface area (Å²) in [6.07, 6.45) is 1.93. The summed E-state index contributed by atoms with van der Waals surface area (Å²) in [5.74, 6) is 1.58. The van der Waals surface area contributed by atoms with E-state index < -0.39 is 0 Å². The molecule has 0 atom stereocenters. The first-order valence-corrected chi connectivity index (χ1v) is 10.3. The van der Waals surface area contributed by atoms with Gasteiger partial charge in [-0.25, -0.2) is 5.43 Å². The highest BCUT2D eigenvalue weighted by Gasteiger charge is 2.17. The van der Waals surface area contributed by atoms with Crippen molar-refractivity contribution in [3.63, 3.8) is 0 Å². The van der Waals surface area contributed by atoms with Gasteiger partial charge in [0.05, 0.1) is 27.5 Å². The van der Waals surface area contributed by atoms with Crippen molar-refractivity contribution in [2.75, 3.05) is 59.0 Å². The number of para-hydroxylation sites is 1. The molecular formula is C23H30N4O4. The molecule has 1 heterocycles. The maximum Gasteiger partial charge on any atom is 0.241 e. The molecule has 0 saturated carbocycles. The molecule has 0 unspecified atom stereocenters. The minimum atomic E-state index is -0.124. The summed E-state index contributed by atoms with van der Waals surface area (Å²) < 4.78 is 15.9. The molecule has 0 bridgehead atoms. The Morgan fingerprint density at radius 3 is 2.26 bits per heavy atom. The number of nitrogens with zero attached hydrogens (tertiary/aromatic N) is 3. The lowest BCUT2D eigenvalue weighted by Gasteiger charge is -2.36. The van der Waals surface area contributed by atoms with E-state index in [1.807, 2.05) is 6.07 Å². The molecule has 0 aromatic heterocycles. The van der Waals surface area contributed by atoms with Crippen LogP contribution in [0.3, 0.4) is 0 Å². The smallest absolute Gasteiger partial charge is 0.241 e. The molecule has 166 valence electrons. The third-order valence-electron chi connectivity index (χ3n) is 5.28. The number of piperazine rings is 1. The van der Waals surface area contributed by atoms with Gasteiger partial charge in [-0.2, -0.15) is 5.10 Å². The van der Waals surface area contributed by atoms with Gasteiger partial charge >= 0.3 is 0 Å². The summed E-state index contributed by atoms with van der Waals surface area (Å²) in [7, 11) is 4.69. The third-order valence-corrected chi connectivity index (χ3v) is 5.28. The third kappa shape index (κ3) is 6.11. The fraction of sp³-hybridized carbons (Fsp3) is 0.391. The van der Waals surface area contributed by atoms with Gasteiger partial charge in [-0.3, -0.25) is 9.69 Å². The van der Waals surface area contributed by atoms with Gasteiger partial charge in [0.1, 0.15) is 5.75 Å². The fourth-order valence-corrected chi connectivity index (χ4v) is 3.51. The first-order valence-electron chi connectivity index (χ1n) is 10.3. The molecule has 8 nitrogen and oxygen atoms in total. The number of amides is 1. The number of methoxy groups -OCH3 is 3. The highest BCUT2D eigenvalue weighted by molar-refractivity contribution is 5.86. The normalized spacial score (nSPS) is 14.5. The van der Waals surface area contributed by atoms with E-state index in [1.54, 1.807) is 33.5 Å². The van der Waals surface area contributed by atoms with Crippen LogP contribution in [-0.4, -0.2) is 71.1 Å². The van der Waals surface area contributed by atoms with Crippen LogP contribution in [0.25, 0.3) is 0 Å². The Kier molecular flexibility index (Phi) is 8.12. The lowest BCUT2D eigenvalue weighted by molar-refractivity contribution is -0.121. The van der Waals surface area contributed by atoms with Crippen molar-refractivity contribution in [1.29, 1.82) is 0 Å². The lowest BCUT2D eigenvalue weighted by atomic mass is 10.2. The van der Waals surface area contributed by atoms with Crippen LogP contribution in [0.2, 0.25) is 0 Å². The van der Waals surface area contributed by atoms with Crippen LogP contribution in [0.5, 0.6) is 17.2 Å². The number of rotatable bonds is 9. The average Bonchev–Trinajstić information content (AvgIpc) is 2.83. The molecule has 0 radical (unpaired) electrons. The minimum Gasteiger partial charge on any atom is -0.496 e. The zero-order valence-electron chi connectivity index (χ0n) is 18.3. The molecule has 1 fully saturated rings. The largest absolute Gasteiger partial charge is 0.496 e. The maximum absolute atomic E-state index is 12.2. The van der Waals surface area contributed by atoms with E-state index in [4.69, 9.17) is 14.2 Å². The summed E-state index contributed by atoms with van der Waals surface area (Å²) in [5, 5.41) is 4.07. The zero-order valence-corrected chi connectivity index (χ0v) is 18.3. The molecule has 3 rings (SSSR count). The number of hydrogen-bond donors (Lipinski definition) is 1. The van der Waals surface area contributed by atoms with E-state index in [0.29, 0.717) is 35.8 Å². The molecule has 1 aliphatic rings. The second-order valence-corrected chi connectivity index (χ2v) is 7.16. The number of anilines is 1. The van der Waals surface area contributed by atoms with Gasteiger partial charge in [-0.05, 0) is 18.2 Å². The van der Waals surface area contributed by atoms with Crippen LogP contribution >= 0.6 is 0 Å². The molecule has 0 aliphatic carbocycles. The fourth-order valence-electron chi connectivity index (χ4n) is 3.51. The molecule has 1 saturated heterocycles. The van der Waals surface area contributed by atoms with Crippen LogP contribution in [0.4, 0.5) is 5.69 Å². The first-order chi connectivity index (χ1) is 15.1. The van der Waals surface area contributed by atoms with E-state index >= 15 is 0 Å². The Labute approximate surface area is 183 Å². The topological polar surface area (TPSA) is 75.6 Å². The van der Waals surface area contributed by atoms with E-state index in [-0.39, 0.29) is 5.91 Å².